The van der Waals surface area contributed by atoms with Gasteiger partial charge in [0.25, 0.3) is 0 Å². The number of hydrogen-bond acceptors (Lipinski definition) is 6. The molecule has 0 N–H and O–H groups in total. The minimum Gasteiger partial charge on any atom is -0.354 e. The van der Waals surface area contributed by atoms with Crippen LogP contribution in [-0.2, 0) is 0 Å². The van der Waals surface area contributed by atoms with E-state index in [2.05, 4.69) is 39.2 Å². The van der Waals surface area contributed by atoms with E-state index in [1.807, 2.05) is 19.1 Å². The van der Waals surface area contributed by atoms with E-state index in [9.17, 15) is 5.26 Å². The maximum absolute atomic E-state index is 9.24. The van der Waals surface area contributed by atoms with Gasteiger partial charge in [0.15, 0.2) is 5.82 Å². The Morgan fingerprint density at radius 1 is 1.39 bits per heavy atom. The molecule has 2 atom stereocenters. The van der Waals surface area contributed by atoms with Gasteiger partial charge in [0, 0.05) is 32.1 Å². The summed E-state index contributed by atoms with van der Waals surface area (Å²) in [5.74, 6) is 0.851. The van der Waals surface area contributed by atoms with E-state index in [0.29, 0.717) is 18.9 Å². The Hall–Kier alpha value is -2.18. The molecule has 122 valence electrons. The van der Waals surface area contributed by atoms with Gasteiger partial charge in [0.2, 0.25) is 0 Å². The van der Waals surface area contributed by atoms with E-state index >= 15 is 0 Å². The van der Waals surface area contributed by atoms with Gasteiger partial charge < -0.3 is 9.80 Å². The summed E-state index contributed by atoms with van der Waals surface area (Å²) in [6.45, 7) is 4.56. The fourth-order valence-electron chi connectivity index (χ4n) is 3.02. The summed E-state index contributed by atoms with van der Waals surface area (Å²) in [7, 11) is 2.08. The van der Waals surface area contributed by atoms with Gasteiger partial charge in [-0.3, -0.25) is 0 Å². The number of piperidine rings is 1. The van der Waals surface area contributed by atoms with Crippen LogP contribution in [-0.4, -0.2) is 47.8 Å². The summed E-state index contributed by atoms with van der Waals surface area (Å²) in [6.07, 6.45) is 3.34. The molecule has 0 bridgehead atoms. The van der Waals surface area contributed by atoms with Crippen LogP contribution < -0.4 is 4.90 Å². The number of nitriles is 2. The summed E-state index contributed by atoms with van der Waals surface area (Å²) in [6, 6.07) is 8.87. The summed E-state index contributed by atoms with van der Waals surface area (Å²) in [4.78, 5) is 4.53. The molecule has 0 saturated carbocycles. The van der Waals surface area contributed by atoms with E-state index in [1.165, 1.54) is 0 Å². The van der Waals surface area contributed by atoms with Crippen LogP contribution in [0.25, 0.3) is 0 Å². The maximum Gasteiger partial charge on any atom is 0.151 e. The fourth-order valence-corrected chi connectivity index (χ4v) is 3.02. The summed E-state index contributed by atoms with van der Waals surface area (Å²) < 4.78 is 0. The van der Waals surface area contributed by atoms with Crippen molar-refractivity contribution in [2.75, 3.05) is 31.6 Å². The van der Waals surface area contributed by atoms with Crippen molar-refractivity contribution in [1.29, 1.82) is 10.5 Å². The van der Waals surface area contributed by atoms with Gasteiger partial charge in [-0.1, -0.05) is 0 Å². The maximum atomic E-state index is 9.24. The molecular formula is C17H24N6. The standard InChI is InChI=1S/C17H24N6/c1-14-7-8-17(21-20-14)23-10-4-6-16(13-23)22(2)12-15(11-19)5-3-9-18/h7-8,15-16H,3-6,10,12-13H2,1-2H3/t15-,16+/m0/s1. The van der Waals surface area contributed by atoms with Crippen molar-refractivity contribution in [3.63, 3.8) is 0 Å². The molecule has 23 heavy (non-hydrogen) atoms. The first-order valence-corrected chi connectivity index (χ1v) is 8.16. The summed E-state index contributed by atoms with van der Waals surface area (Å²) >= 11 is 0. The topological polar surface area (TPSA) is 79.8 Å². The predicted molar refractivity (Wildman–Crippen MR) is 88.6 cm³/mol. The number of hydrogen-bond donors (Lipinski definition) is 0. The van der Waals surface area contributed by atoms with Crippen LogP contribution >= 0.6 is 0 Å². The van der Waals surface area contributed by atoms with Crippen LogP contribution in [0.15, 0.2) is 12.1 Å². The van der Waals surface area contributed by atoms with Crippen LogP contribution in [0.1, 0.15) is 31.4 Å². The van der Waals surface area contributed by atoms with Crippen LogP contribution in [0, 0.1) is 35.5 Å². The van der Waals surface area contributed by atoms with Crippen molar-refractivity contribution < 1.29 is 0 Å². The van der Waals surface area contributed by atoms with E-state index in [4.69, 9.17) is 5.26 Å². The number of nitrogens with zero attached hydrogens (tertiary/aromatic N) is 6. The third-order valence-corrected chi connectivity index (χ3v) is 4.42. The zero-order valence-electron chi connectivity index (χ0n) is 13.9. The Labute approximate surface area is 138 Å². The molecule has 0 radical (unpaired) electrons. The lowest BCUT2D eigenvalue weighted by atomic mass is 10.0. The Bertz CT molecular complexity index is 570. The average molecular weight is 312 g/mol. The third-order valence-electron chi connectivity index (χ3n) is 4.42. The highest BCUT2D eigenvalue weighted by molar-refractivity contribution is 5.38. The predicted octanol–water partition coefficient (Wildman–Crippen LogP) is 2.13. The van der Waals surface area contributed by atoms with Crippen molar-refractivity contribution in [1.82, 2.24) is 15.1 Å². The number of likely N-dealkylation sites (N-methyl/N-ethyl adjacent to an activating group) is 1. The molecule has 2 rings (SSSR count). The first-order chi connectivity index (χ1) is 11.1. The highest BCUT2D eigenvalue weighted by Crippen LogP contribution is 2.21. The highest BCUT2D eigenvalue weighted by Gasteiger charge is 2.25. The lowest BCUT2D eigenvalue weighted by Gasteiger charge is -2.38. The van der Waals surface area contributed by atoms with Crippen molar-refractivity contribution in [2.24, 2.45) is 5.92 Å². The molecular weight excluding hydrogens is 288 g/mol. The second kappa shape index (κ2) is 8.45. The SMILES string of the molecule is Cc1ccc(N2CCC[C@@H](N(C)C[C@H](C#N)CCC#N)C2)nn1. The minimum absolute atomic E-state index is 0.0748. The molecule has 0 aliphatic carbocycles. The Morgan fingerprint density at radius 2 is 2.22 bits per heavy atom. The van der Waals surface area contributed by atoms with Gasteiger partial charge >= 0.3 is 0 Å². The van der Waals surface area contributed by atoms with Crippen molar-refractivity contribution in [3.05, 3.63) is 17.8 Å². The van der Waals surface area contributed by atoms with Gasteiger partial charge in [-0.2, -0.15) is 15.6 Å². The molecule has 0 unspecified atom stereocenters. The lowest BCUT2D eigenvalue weighted by Crippen LogP contribution is -2.48. The quantitative estimate of drug-likeness (QED) is 0.800. The Balaban J connectivity index is 1.93. The molecule has 6 heteroatoms. The molecule has 1 aromatic rings. The van der Waals surface area contributed by atoms with Crippen LogP contribution in [0.4, 0.5) is 5.82 Å². The number of aryl methyl sites for hydroxylation is 1. The summed E-state index contributed by atoms with van der Waals surface area (Å²) in [5, 5.41) is 26.3. The zero-order valence-corrected chi connectivity index (χ0v) is 13.9. The van der Waals surface area contributed by atoms with Crippen molar-refractivity contribution in [2.45, 2.75) is 38.6 Å². The molecule has 1 saturated heterocycles. The zero-order chi connectivity index (χ0) is 16.7. The third kappa shape index (κ3) is 4.91. The lowest BCUT2D eigenvalue weighted by molar-refractivity contribution is 0.196. The van der Waals surface area contributed by atoms with E-state index in [1.54, 1.807) is 0 Å². The molecule has 1 aliphatic rings. The first-order valence-electron chi connectivity index (χ1n) is 8.16. The monoisotopic (exact) mass is 312 g/mol. The van der Waals surface area contributed by atoms with Gasteiger partial charge in [-0.05, 0) is 45.4 Å². The molecule has 0 amide bonds. The van der Waals surface area contributed by atoms with Crippen LogP contribution in [0.3, 0.4) is 0 Å². The normalized spacial score (nSPS) is 19.2. The minimum atomic E-state index is -0.0748. The smallest absolute Gasteiger partial charge is 0.151 e. The van der Waals surface area contributed by atoms with Crippen molar-refractivity contribution in [3.8, 4) is 12.1 Å². The Morgan fingerprint density at radius 3 is 2.87 bits per heavy atom. The second-order valence-corrected chi connectivity index (χ2v) is 6.24. The van der Waals surface area contributed by atoms with Gasteiger partial charge in [-0.25, -0.2) is 0 Å². The molecule has 1 fully saturated rings. The summed E-state index contributed by atoms with van der Waals surface area (Å²) in [5.41, 5.74) is 0.925. The van der Waals surface area contributed by atoms with E-state index in [0.717, 1.165) is 44.0 Å². The molecule has 1 aromatic heterocycles. The molecule has 1 aliphatic heterocycles. The number of anilines is 1. The van der Waals surface area contributed by atoms with E-state index in [-0.39, 0.29) is 5.92 Å². The van der Waals surface area contributed by atoms with E-state index < -0.39 is 0 Å². The van der Waals surface area contributed by atoms with Crippen LogP contribution in [0.2, 0.25) is 0 Å². The second-order valence-electron chi connectivity index (χ2n) is 6.24. The number of rotatable bonds is 6. The largest absolute Gasteiger partial charge is 0.354 e. The van der Waals surface area contributed by atoms with Crippen LogP contribution in [0.5, 0.6) is 0 Å². The van der Waals surface area contributed by atoms with Gasteiger partial charge in [0.1, 0.15) is 0 Å². The molecule has 6 nitrogen and oxygen atoms in total. The molecule has 0 aromatic carbocycles. The number of aromatic nitrogens is 2. The van der Waals surface area contributed by atoms with Gasteiger partial charge in [0.05, 0.1) is 23.8 Å². The molecule has 2 heterocycles. The first kappa shape index (κ1) is 17.2. The highest BCUT2D eigenvalue weighted by atomic mass is 15.3. The molecule has 0 spiro atoms. The van der Waals surface area contributed by atoms with Crippen molar-refractivity contribution >= 4 is 5.82 Å². The Kier molecular flexibility index (Phi) is 6.31. The fraction of sp³-hybridized carbons (Fsp3) is 0.647. The average Bonchev–Trinajstić information content (AvgIpc) is 2.59. The van der Waals surface area contributed by atoms with Gasteiger partial charge in [-0.15, -0.1) is 5.10 Å².